The smallest absolute Gasteiger partial charge is 0.242 e. The quantitative estimate of drug-likeness (QED) is 0.883. The maximum atomic E-state index is 12.0. The Labute approximate surface area is 113 Å². The number of halogens is 1. The van der Waals surface area contributed by atoms with E-state index >= 15 is 0 Å². The lowest BCUT2D eigenvalue weighted by Gasteiger charge is -2.24. The summed E-state index contributed by atoms with van der Waals surface area (Å²) in [7, 11) is 1.78. The average molecular weight is 271 g/mol. The summed E-state index contributed by atoms with van der Waals surface area (Å²) in [6.07, 6.45) is 1.53. The molecule has 0 bridgehead atoms. The Morgan fingerprint density at radius 2 is 2.06 bits per heavy atom. The number of amides is 1. The molecule has 1 aromatic heterocycles. The maximum absolute atomic E-state index is 12.0. The van der Waals surface area contributed by atoms with Crippen molar-refractivity contribution in [2.45, 2.75) is 13.8 Å². The van der Waals surface area contributed by atoms with Gasteiger partial charge in [-0.1, -0.05) is 11.6 Å². The number of hydrogen-bond acceptors (Lipinski definition) is 4. The normalized spacial score (nSPS) is 10.2. The van der Waals surface area contributed by atoms with Gasteiger partial charge in [-0.25, -0.2) is 4.98 Å². The first kappa shape index (κ1) is 14.6. The summed E-state index contributed by atoms with van der Waals surface area (Å²) in [5.41, 5.74) is 6.09. The molecule has 0 unspecified atom stereocenters. The lowest BCUT2D eigenvalue weighted by atomic mass is 10.3. The van der Waals surface area contributed by atoms with Crippen LogP contribution < -0.4 is 10.6 Å². The molecule has 2 N–H and O–H groups in total. The number of nitrogen functional groups attached to an aromatic ring is 1. The van der Waals surface area contributed by atoms with Crippen LogP contribution in [0.5, 0.6) is 0 Å². The molecular weight excluding hydrogens is 252 g/mol. The molecule has 6 heteroatoms. The highest BCUT2D eigenvalue weighted by Crippen LogP contribution is 2.23. The third kappa shape index (κ3) is 3.50. The van der Waals surface area contributed by atoms with Gasteiger partial charge in [-0.2, -0.15) is 0 Å². The second-order valence-corrected chi connectivity index (χ2v) is 4.40. The number of rotatable bonds is 5. The summed E-state index contributed by atoms with van der Waals surface area (Å²) < 4.78 is 0. The number of nitrogens with zero attached hydrogens (tertiary/aromatic N) is 3. The zero-order valence-corrected chi connectivity index (χ0v) is 11.7. The minimum absolute atomic E-state index is 0.0530. The topological polar surface area (TPSA) is 62.5 Å². The number of nitrogens with two attached hydrogens (primary N) is 1. The van der Waals surface area contributed by atoms with Gasteiger partial charge in [0.1, 0.15) is 5.82 Å². The van der Waals surface area contributed by atoms with Crippen LogP contribution in [0.2, 0.25) is 5.02 Å². The highest BCUT2D eigenvalue weighted by Gasteiger charge is 2.15. The van der Waals surface area contributed by atoms with Crippen molar-refractivity contribution in [1.82, 2.24) is 9.88 Å². The second-order valence-electron chi connectivity index (χ2n) is 4.00. The van der Waals surface area contributed by atoms with E-state index in [-0.39, 0.29) is 12.5 Å². The van der Waals surface area contributed by atoms with Crippen LogP contribution in [0, 0.1) is 0 Å². The Morgan fingerprint density at radius 3 is 2.56 bits per heavy atom. The highest BCUT2D eigenvalue weighted by molar-refractivity contribution is 6.33. The SMILES string of the molecule is CCN(CC)C(=O)CN(C)c1ncc(N)cc1Cl. The minimum atomic E-state index is 0.0530. The molecule has 0 fully saturated rings. The first-order valence-corrected chi connectivity index (χ1v) is 6.27. The molecule has 0 aromatic carbocycles. The Kier molecular flexibility index (Phi) is 5.22. The van der Waals surface area contributed by atoms with Gasteiger partial charge in [-0.3, -0.25) is 4.79 Å². The fraction of sp³-hybridized carbons (Fsp3) is 0.500. The number of aromatic nitrogens is 1. The van der Waals surface area contributed by atoms with Gasteiger partial charge in [0.15, 0.2) is 0 Å². The average Bonchev–Trinajstić information content (AvgIpc) is 2.30. The fourth-order valence-corrected chi connectivity index (χ4v) is 2.00. The number of pyridine rings is 1. The van der Waals surface area contributed by atoms with Crippen LogP contribution in [0.4, 0.5) is 11.5 Å². The number of hydrogen-bond donors (Lipinski definition) is 1. The van der Waals surface area contributed by atoms with E-state index in [1.54, 1.807) is 22.9 Å². The predicted octanol–water partition coefficient (Wildman–Crippen LogP) is 1.62. The Morgan fingerprint density at radius 1 is 1.44 bits per heavy atom. The molecule has 0 aliphatic carbocycles. The number of likely N-dealkylation sites (N-methyl/N-ethyl adjacent to an activating group) is 2. The first-order chi connectivity index (χ1) is 8.49. The molecule has 1 heterocycles. The van der Waals surface area contributed by atoms with Gasteiger partial charge in [0, 0.05) is 20.1 Å². The van der Waals surface area contributed by atoms with Crippen molar-refractivity contribution in [1.29, 1.82) is 0 Å². The van der Waals surface area contributed by atoms with Gasteiger partial charge in [-0.05, 0) is 19.9 Å². The first-order valence-electron chi connectivity index (χ1n) is 5.89. The predicted molar refractivity (Wildman–Crippen MR) is 74.9 cm³/mol. The van der Waals surface area contributed by atoms with Crippen LogP contribution in [-0.2, 0) is 4.79 Å². The van der Waals surface area contributed by atoms with E-state index in [1.165, 1.54) is 6.20 Å². The van der Waals surface area contributed by atoms with Crippen LogP contribution in [0.25, 0.3) is 0 Å². The largest absolute Gasteiger partial charge is 0.397 e. The van der Waals surface area contributed by atoms with E-state index in [0.717, 1.165) is 0 Å². The molecular formula is C12H19ClN4O. The second kappa shape index (κ2) is 6.44. The van der Waals surface area contributed by atoms with Crippen LogP contribution in [-0.4, -0.2) is 42.5 Å². The maximum Gasteiger partial charge on any atom is 0.242 e. The Hall–Kier alpha value is -1.49. The Bertz CT molecular complexity index is 421. The van der Waals surface area contributed by atoms with Gasteiger partial charge < -0.3 is 15.5 Å². The molecule has 18 heavy (non-hydrogen) atoms. The summed E-state index contributed by atoms with van der Waals surface area (Å²) >= 11 is 6.05. The number of carbonyl (C=O) groups is 1. The molecule has 0 aliphatic rings. The lowest BCUT2D eigenvalue weighted by molar-refractivity contribution is -0.129. The minimum Gasteiger partial charge on any atom is -0.397 e. The van der Waals surface area contributed by atoms with E-state index in [0.29, 0.717) is 29.6 Å². The summed E-state index contributed by atoms with van der Waals surface area (Å²) in [5.74, 6) is 0.614. The van der Waals surface area contributed by atoms with Crippen LogP contribution in [0.15, 0.2) is 12.3 Å². The van der Waals surface area contributed by atoms with Gasteiger partial charge in [-0.15, -0.1) is 0 Å². The summed E-state index contributed by atoms with van der Waals surface area (Å²) in [6, 6.07) is 1.63. The zero-order chi connectivity index (χ0) is 13.7. The zero-order valence-electron chi connectivity index (χ0n) is 11.0. The molecule has 5 nitrogen and oxygen atoms in total. The van der Waals surface area contributed by atoms with Gasteiger partial charge in [0.2, 0.25) is 5.91 Å². The highest BCUT2D eigenvalue weighted by atomic mass is 35.5. The molecule has 1 aromatic rings. The third-order valence-corrected chi connectivity index (χ3v) is 2.97. The van der Waals surface area contributed by atoms with Crippen LogP contribution in [0.1, 0.15) is 13.8 Å². The van der Waals surface area contributed by atoms with E-state index < -0.39 is 0 Å². The summed E-state index contributed by atoms with van der Waals surface area (Å²) in [6.45, 7) is 5.56. The molecule has 0 aliphatic heterocycles. The standard InChI is InChI=1S/C12H19ClN4O/c1-4-17(5-2)11(18)8-16(3)12-10(13)6-9(14)7-15-12/h6-7H,4-5,8,14H2,1-3H3. The van der Waals surface area contributed by atoms with Crippen molar-refractivity contribution in [3.8, 4) is 0 Å². The van der Waals surface area contributed by atoms with Crippen molar-refractivity contribution in [3.63, 3.8) is 0 Å². The van der Waals surface area contributed by atoms with Gasteiger partial charge in [0.25, 0.3) is 0 Å². The van der Waals surface area contributed by atoms with Crippen molar-refractivity contribution in [2.24, 2.45) is 0 Å². The Balaban J connectivity index is 2.76. The molecule has 1 amide bonds. The van der Waals surface area contributed by atoms with Gasteiger partial charge >= 0.3 is 0 Å². The van der Waals surface area contributed by atoms with E-state index in [4.69, 9.17) is 17.3 Å². The van der Waals surface area contributed by atoms with Crippen LogP contribution >= 0.6 is 11.6 Å². The van der Waals surface area contributed by atoms with Crippen LogP contribution in [0.3, 0.4) is 0 Å². The third-order valence-electron chi connectivity index (χ3n) is 2.69. The number of anilines is 2. The van der Waals surface area contributed by atoms with E-state index in [2.05, 4.69) is 4.98 Å². The summed E-state index contributed by atoms with van der Waals surface area (Å²) in [5, 5.41) is 0.449. The lowest BCUT2D eigenvalue weighted by Crippen LogP contribution is -2.39. The summed E-state index contributed by atoms with van der Waals surface area (Å²) in [4.78, 5) is 19.6. The molecule has 0 saturated carbocycles. The number of carbonyl (C=O) groups excluding carboxylic acids is 1. The van der Waals surface area contributed by atoms with Gasteiger partial charge in [0.05, 0.1) is 23.5 Å². The van der Waals surface area contributed by atoms with Crippen molar-refractivity contribution in [2.75, 3.05) is 37.3 Å². The van der Waals surface area contributed by atoms with Crippen molar-refractivity contribution in [3.05, 3.63) is 17.3 Å². The van der Waals surface area contributed by atoms with E-state index in [9.17, 15) is 4.79 Å². The fourth-order valence-electron chi connectivity index (χ4n) is 1.68. The molecule has 0 spiro atoms. The molecule has 0 radical (unpaired) electrons. The van der Waals surface area contributed by atoms with Crippen molar-refractivity contribution >= 4 is 29.0 Å². The molecule has 100 valence electrons. The van der Waals surface area contributed by atoms with E-state index in [1.807, 2.05) is 13.8 Å². The molecule has 0 saturated heterocycles. The monoisotopic (exact) mass is 270 g/mol. The van der Waals surface area contributed by atoms with Crippen molar-refractivity contribution < 1.29 is 4.79 Å². The molecule has 0 atom stereocenters. The molecule has 1 rings (SSSR count).